The average molecular weight is 268 g/mol. The summed E-state index contributed by atoms with van der Waals surface area (Å²) in [6.45, 7) is 5.78. The number of nitrogens with two attached hydrogens (primary N) is 1. The van der Waals surface area contributed by atoms with Crippen molar-refractivity contribution >= 4 is 11.8 Å². The van der Waals surface area contributed by atoms with Gasteiger partial charge in [0.25, 0.3) is 0 Å². The quantitative estimate of drug-likeness (QED) is 0.910. The van der Waals surface area contributed by atoms with E-state index in [1.165, 1.54) is 23.8 Å². The van der Waals surface area contributed by atoms with E-state index in [9.17, 15) is 4.39 Å². The molecule has 1 fully saturated rings. The maximum Gasteiger partial charge on any atom is 0.123 e. The lowest BCUT2D eigenvalue weighted by atomic mass is 10.1. The van der Waals surface area contributed by atoms with Crippen molar-refractivity contribution in [3.05, 3.63) is 35.1 Å². The zero-order chi connectivity index (χ0) is 13.0. The van der Waals surface area contributed by atoms with Crippen molar-refractivity contribution < 1.29 is 4.39 Å². The molecule has 0 saturated carbocycles. The molecule has 100 valence electrons. The van der Waals surface area contributed by atoms with E-state index in [1.807, 2.05) is 6.07 Å². The number of nitrogens with zero attached hydrogens (tertiary/aromatic N) is 1. The van der Waals surface area contributed by atoms with Crippen LogP contribution in [0.25, 0.3) is 0 Å². The number of benzene rings is 1. The smallest absolute Gasteiger partial charge is 0.123 e. The van der Waals surface area contributed by atoms with Crippen LogP contribution in [0.1, 0.15) is 24.5 Å². The third-order valence-electron chi connectivity index (χ3n) is 3.46. The van der Waals surface area contributed by atoms with Crippen LogP contribution in [0.5, 0.6) is 0 Å². The van der Waals surface area contributed by atoms with Gasteiger partial charge in [-0.3, -0.25) is 4.90 Å². The minimum Gasteiger partial charge on any atom is -0.326 e. The molecule has 18 heavy (non-hydrogen) atoms. The molecule has 1 unspecified atom stereocenters. The van der Waals surface area contributed by atoms with E-state index in [1.54, 1.807) is 6.07 Å². The molecule has 1 aliphatic rings. The van der Waals surface area contributed by atoms with Gasteiger partial charge in [0.15, 0.2) is 0 Å². The zero-order valence-electron chi connectivity index (χ0n) is 10.9. The van der Waals surface area contributed by atoms with Gasteiger partial charge in [-0.15, -0.1) is 0 Å². The number of rotatable bonds is 4. The lowest BCUT2D eigenvalue weighted by molar-refractivity contribution is 0.272. The second-order valence-electron chi connectivity index (χ2n) is 4.75. The first-order valence-electron chi connectivity index (χ1n) is 6.54. The van der Waals surface area contributed by atoms with E-state index in [2.05, 4.69) is 23.6 Å². The first-order chi connectivity index (χ1) is 8.72. The number of hydrogen-bond donors (Lipinski definition) is 1. The van der Waals surface area contributed by atoms with Gasteiger partial charge in [-0.2, -0.15) is 11.8 Å². The van der Waals surface area contributed by atoms with Gasteiger partial charge in [-0.05, 0) is 29.7 Å². The lowest BCUT2D eigenvalue weighted by Gasteiger charge is -2.32. The van der Waals surface area contributed by atoms with Crippen LogP contribution in [-0.2, 0) is 13.1 Å². The highest BCUT2D eigenvalue weighted by atomic mass is 32.2. The van der Waals surface area contributed by atoms with Crippen molar-refractivity contribution in [3.8, 4) is 0 Å². The standard InChI is InChI=1S/C14H21FN2S/c1-2-14-10-17(5-6-18-14)9-11-3-4-13(15)7-12(11)8-16/h3-4,7,14H,2,5-6,8-10,16H2,1H3. The second-order valence-corrected chi connectivity index (χ2v) is 6.16. The molecule has 0 aromatic heterocycles. The van der Waals surface area contributed by atoms with E-state index in [-0.39, 0.29) is 5.82 Å². The molecular weight excluding hydrogens is 247 g/mol. The van der Waals surface area contributed by atoms with Crippen molar-refractivity contribution in [1.29, 1.82) is 0 Å². The molecule has 2 rings (SSSR count). The summed E-state index contributed by atoms with van der Waals surface area (Å²) >= 11 is 2.06. The topological polar surface area (TPSA) is 29.3 Å². The predicted molar refractivity (Wildman–Crippen MR) is 76.1 cm³/mol. The van der Waals surface area contributed by atoms with Crippen molar-refractivity contribution in [2.75, 3.05) is 18.8 Å². The molecule has 1 saturated heterocycles. The Morgan fingerprint density at radius 3 is 3.00 bits per heavy atom. The average Bonchev–Trinajstić information content (AvgIpc) is 2.41. The monoisotopic (exact) mass is 268 g/mol. The van der Waals surface area contributed by atoms with Crippen LogP contribution in [0, 0.1) is 5.82 Å². The Balaban J connectivity index is 2.04. The molecule has 2 nitrogen and oxygen atoms in total. The first kappa shape index (κ1) is 13.8. The molecule has 2 N–H and O–H groups in total. The summed E-state index contributed by atoms with van der Waals surface area (Å²) in [6, 6.07) is 4.97. The van der Waals surface area contributed by atoms with Crippen molar-refractivity contribution in [2.24, 2.45) is 5.73 Å². The molecule has 0 radical (unpaired) electrons. The van der Waals surface area contributed by atoms with E-state index in [0.717, 1.165) is 30.4 Å². The fourth-order valence-corrected chi connectivity index (χ4v) is 3.60. The molecule has 1 aromatic carbocycles. The summed E-state index contributed by atoms with van der Waals surface area (Å²) < 4.78 is 13.2. The third kappa shape index (κ3) is 3.46. The van der Waals surface area contributed by atoms with Gasteiger partial charge in [-0.25, -0.2) is 4.39 Å². The first-order valence-corrected chi connectivity index (χ1v) is 7.59. The van der Waals surface area contributed by atoms with Gasteiger partial charge in [0.2, 0.25) is 0 Å². The van der Waals surface area contributed by atoms with Crippen LogP contribution in [-0.4, -0.2) is 29.0 Å². The Labute approximate surface area is 113 Å². The molecule has 0 aliphatic carbocycles. The molecular formula is C14H21FN2S. The van der Waals surface area contributed by atoms with Crippen molar-refractivity contribution in [1.82, 2.24) is 4.90 Å². The fourth-order valence-electron chi connectivity index (χ4n) is 2.35. The predicted octanol–water partition coefficient (Wildman–Crippen LogP) is 2.61. The summed E-state index contributed by atoms with van der Waals surface area (Å²) in [4.78, 5) is 2.46. The zero-order valence-corrected chi connectivity index (χ0v) is 11.7. The molecule has 0 amide bonds. The molecule has 1 heterocycles. The SMILES string of the molecule is CCC1CN(Cc2ccc(F)cc2CN)CCS1. The van der Waals surface area contributed by atoms with Crippen LogP contribution < -0.4 is 5.73 Å². The van der Waals surface area contributed by atoms with Crippen molar-refractivity contribution in [3.63, 3.8) is 0 Å². The Hall–Kier alpha value is -0.580. The highest BCUT2D eigenvalue weighted by Crippen LogP contribution is 2.23. The van der Waals surface area contributed by atoms with Crippen molar-refractivity contribution in [2.45, 2.75) is 31.7 Å². The van der Waals surface area contributed by atoms with Gasteiger partial charge >= 0.3 is 0 Å². The Morgan fingerprint density at radius 2 is 2.28 bits per heavy atom. The largest absolute Gasteiger partial charge is 0.326 e. The highest BCUT2D eigenvalue weighted by molar-refractivity contribution is 8.00. The Morgan fingerprint density at radius 1 is 1.44 bits per heavy atom. The minimum absolute atomic E-state index is 0.195. The van der Waals surface area contributed by atoms with E-state index >= 15 is 0 Å². The molecule has 0 spiro atoms. The second kappa shape index (κ2) is 6.55. The van der Waals surface area contributed by atoms with Gasteiger partial charge < -0.3 is 5.73 Å². The highest BCUT2D eigenvalue weighted by Gasteiger charge is 2.19. The summed E-state index contributed by atoms with van der Waals surface area (Å²) in [5.74, 6) is 0.998. The third-order valence-corrected chi connectivity index (χ3v) is 4.83. The number of thioether (sulfide) groups is 1. The summed E-state index contributed by atoms with van der Waals surface area (Å²) in [6.07, 6.45) is 1.22. The Bertz CT molecular complexity index is 397. The van der Waals surface area contributed by atoms with Crippen LogP contribution in [0.2, 0.25) is 0 Å². The molecule has 4 heteroatoms. The van der Waals surface area contributed by atoms with Gasteiger partial charge in [0.1, 0.15) is 5.82 Å². The maximum absolute atomic E-state index is 13.2. The number of halogens is 1. The molecule has 1 aromatic rings. The molecule has 0 bridgehead atoms. The fraction of sp³-hybridized carbons (Fsp3) is 0.571. The van der Waals surface area contributed by atoms with E-state index in [4.69, 9.17) is 5.73 Å². The van der Waals surface area contributed by atoms with E-state index < -0.39 is 0 Å². The van der Waals surface area contributed by atoms with Crippen LogP contribution in [0.3, 0.4) is 0 Å². The normalized spacial score (nSPS) is 21.2. The summed E-state index contributed by atoms with van der Waals surface area (Å²) in [7, 11) is 0. The summed E-state index contributed by atoms with van der Waals surface area (Å²) in [5, 5.41) is 0.737. The van der Waals surface area contributed by atoms with Crippen LogP contribution >= 0.6 is 11.8 Å². The minimum atomic E-state index is -0.195. The van der Waals surface area contributed by atoms with Gasteiger partial charge in [-0.1, -0.05) is 13.0 Å². The molecule has 1 atom stereocenters. The lowest BCUT2D eigenvalue weighted by Crippen LogP contribution is -2.37. The maximum atomic E-state index is 13.2. The number of hydrogen-bond acceptors (Lipinski definition) is 3. The van der Waals surface area contributed by atoms with Gasteiger partial charge in [0, 0.05) is 37.2 Å². The molecule has 1 aliphatic heterocycles. The van der Waals surface area contributed by atoms with Crippen LogP contribution in [0.15, 0.2) is 18.2 Å². The summed E-state index contributed by atoms with van der Waals surface area (Å²) in [5.41, 5.74) is 7.79. The van der Waals surface area contributed by atoms with E-state index in [0.29, 0.717) is 6.54 Å². The Kier molecular flexibility index (Phi) is 5.03. The van der Waals surface area contributed by atoms with Crippen LogP contribution in [0.4, 0.5) is 4.39 Å². The van der Waals surface area contributed by atoms with Gasteiger partial charge in [0.05, 0.1) is 0 Å².